The van der Waals surface area contributed by atoms with Crippen molar-refractivity contribution in [1.29, 1.82) is 0 Å². The number of hydrogen-bond acceptors (Lipinski definition) is 5. The standard InChI is InChI=1S/C16H27N5/c1-20-9-7-13(8-10-20)12-21(2)16-6-5-15(18-19-16)11-17-14-3-4-14/h5-6,13-14,17H,3-4,7-12H2,1-2H3. The Morgan fingerprint density at radius 2 is 1.95 bits per heavy atom. The van der Waals surface area contributed by atoms with Crippen LogP contribution in [0.25, 0.3) is 0 Å². The van der Waals surface area contributed by atoms with E-state index in [1.165, 1.54) is 38.8 Å². The average molecular weight is 289 g/mol. The van der Waals surface area contributed by atoms with Crippen LogP contribution < -0.4 is 10.2 Å². The van der Waals surface area contributed by atoms with Gasteiger partial charge in [0.25, 0.3) is 0 Å². The van der Waals surface area contributed by atoms with Crippen molar-refractivity contribution < 1.29 is 0 Å². The first-order chi connectivity index (χ1) is 10.2. The van der Waals surface area contributed by atoms with E-state index in [4.69, 9.17) is 0 Å². The Balaban J connectivity index is 1.48. The molecule has 1 aromatic rings. The first kappa shape index (κ1) is 14.7. The van der Waals surface area contributed by atoms with Crippen LogP contribution in [0, 0.1) is 5.92 Å². The smallest absolute Gasteiger partial charge is 0.150 e. The topological polar surface area (TPSA) is 44.3 Å². The molecule has 116 valence electrons. The number of anilines is 1. The van der Waals surface area contributed by atoms with Gasteiger partial charge in [-0.1, -0.05) is 0 Å². The molecule has 2 fully saturated rings. The van der Waals surface area contributed by atoms with Gasteiger partial charge >= 0.3 is 0 Å². The molecule has 5 heteroatoms. The van der Waals surface area contributed by atoms with Crippen LogP contribution in [-0.4, -0.2) is 54.9 Å². The van der Waals surface area contributed by atoms with E-state index in [-0.39, 0.29) is 0 Å². The number of hydrogen-bond donors (Lipinski definition) is 1. The lowest BCUT2D eigenvalue weighted by atomic mass is 9.97. The average Bonchev–Trinajstić information content (AvgIpc) is 3.32. The third-order valence-corrected chi connectivity index (χ3v) is 4.62. The molecule has 1 aliphatic heterocycles. The Hall–Kier alpha value is -1.20. The molecule has 1 saturated heterocycles. The second kappa shape index (κ2) is 6.71. The summed E-state index contributed by atoms with van der Waals surface area (Å²) in [6, 6.07) is 4.92. The lowest BCUT2D eigenvalue weighted by molar-refractivity contribution is 0.222. The first-order valence-corrected chi connectivity index (χ1v) is 8.16. The number of rotatable bonds is 6. The second-order valence-electron chi connectivity index (χ2n) is 6.67. The number of nitrogens with one attached hydrogen (secondary N) is 1. The van der Waals surface area contributed by atoms with E-state index >= 15 is 0 Å². The van der Waals surface area contributed by atoms with E-state index in [9.17, 15) is 0 Å². The molecule has 0 amide bonds. The second-order valence-corrected chi connectivity index (χ2v) is 6.67. The number of aromatic nitrogens is 2. The van der Waals surface area contributed by atoms with Gasteiger partial charge in [-0.15, -0.1) is 5.10 Å². The van der Waals surface area contributed by atoms with Crippen molar-refractivity contribution in [2.75, 3.05) is 38.6 Å². The Bertz CT molecular complexity index is 434. The molecule has 0 spiro atoms. The lowest BCUT2D eigenvalue weighted by Crippen LogP contribution is -2.36. The maximum Gasteiger partial charge on any atom is 0.150 e. The van der Waals surface area contributed by atoms with Crippen LogP contribution in [0.5, 0.6) is 0 Å². The SMILES string of the molecule is CN1CCC(CN(C)c2ccc(CNC3CC3)nn2)CC1. The molecule has 2 heterocycles. The minimum Gasteiger partial charge on any atom is -0.358 e. The maximum atomic E-state index is 4.38. The van der Waals surface area contributed by atoms with E-state index in [0.717, 1.165) is 36.6 Å². The fourth-order valence-electron chi connectivity index (χ4n) is 2.91. The minimum absolute atomic E-state index is 0.721. The van der Waals surface area contributed by atoms with Gasteiger partial charge in [-0.05, 0) is 63.9 Å². The highest BCUT2D eigenvalue weighted by atomic mass is 15.3. The van der Waals surface area contributed by atoms with Crippen LogP contribution in [0.4, 0.5) is 5.82 Å². The van der Waals surface area contributed by atoms with Crippen LogP contribution in [0.1, 0.15) is 31.4 Å². The fourth-order valence-corrected chi connectivity index (χ4v) is 2.91. The van der Waals surface area contributed by atoms with Crippen molar-refractivity contribution in [2.24, 2.45) is 5.92 Å². The highest BCUT2D eigenvalue weighted by molar-refractivity contribution is 5.36. The van der Waals surface area contributed by atoms with E-state index in [2.05, 4.69) is 51.5 Å². The Morgan fingerprint density at radius 1 is 1.19 bits per heavy atom. The predicted octanol–water partition coefficient (Wildman–Crippen LogP) is 1.51. The molecule has 21 heavy (non-hydrogen) atoms. The molecule has 0 bridgehead atoms. The summed E-state index contributed by atoms with van der Waals surface area (Å²) in [5.74, 6) is 1.77. The third-order valence-electron chi connectivity index (χ3n) is 4.62. The van der Waals surface area contributed by atoms with Crippen LogP contribution in [0.15, 0.2) is 12.1 Å². The fraction of sp³-hybridized carbons (Fsp3) is 0.750. The molecule has 0 unspecified atom stereocenters. The number of nitrogens with zero attached hydrogens (tertiary/aromatic N) is 4. The minimum atomic E-state index is 0.721. The van der Waals surface area contributed by atoms with E-state index in [0.29, 0.717) is 0 Å². The van der Waals surface area contributed by atoms with Gasteiger partial charge in [0, 0.05) is 26.2 Å². The molecule has 1 aliphatic carbocycles. The summed E-state index contributed by atoms with van der Waals surface area (Å²) in [5, 5.41) is 12.2. The molecule has 1 N–H and O–H groups in total. The van der Waals surface area contributed by atoms with Crippen LogP contribution in [-0.2, 0) is 6.54 Å². The van der Waals surface area contributed by atoms with Crippen molar-refractivity contribution in [3.8, 4) is 0 Å². The van der Waals surface area contributed by atoms with Gasteiger partial charge in [-0.3, -0.25) is 0 Å². The quantitative estimate of drug-likeness (QED) is 0.860. The highest BCUT2D eigenvalue weighted by Crippen LogP contribution is 2.20. The zero-order valence-electron chi connectivity index (χ0n) is 13.3. The van der Waals surface area contributed by atoms with Gasteiger partial charge in [-0.25, -0.2) is 0 Å². The number of piperidine rings is 1. The Labute approximate surface area is 127 Å². The molecule has 0 atom stereocenters. The largest absolute Gasteiger partial charge is 0.358 e. The molecule has 3 rings (SSSR count). The number of likely N-dealkylation sites (tertiary alicyclic amines) is 1. The summed E-state index contributed by atoms with van der Waals surface area (Å²) in [7, 11) is 4.34. The van der Waals surface area contributed by atoms with Crippen molar-refractivity contribution in [2.45, 2.75) is 38.3 Å². The van der Waals surface area contributed by atoms with Gasteiger partial charge in [0.1, 0.15) is 0 Å². The van der Waals surface area contributed by atoms with Gasteiger partial charge in [0.05, 0.1) is 5.69 Å². The van der Waals surface area contributed by atoms with E-state index in [1.807, 2.05) is 0 Å². The summed E-state index contributed by atoms with van der Waals surface area (Å²) in [6.07, 6.45) is 5.20. The molecule has 1 saturated carbocycles. The maximum absolute atomic E-state index is 4.38. The molecule has 0 aromatic carbocycles. The molecule has 2 aliphatic rings. The first-order valence-electron chi connectivity index (χ1n) is 8.16. The zero-order chi connectivity index (χ0) is 14.7. The molecule has 5 nitrogen and oxygen atoms in total. The van der Waals surface area contributed by atoms with Crippen molar-refractivity contribution >= 4 is 5.82 Å². The van der Waals surface area contributed by atoms with E-state index < -0.39 is 0 Å². The molecule has 1 aromatic heterocycles. The molecule has 0 radical (unpaired) electrons. The summed E-state index contributed by atoms with van der Waals surface area (Å²) in [5.41, 5.74) is 1.04. The summed E-state index contributed by atoms with van der Waals surface area (Å²) in [6.45, 7) is 4.37. The summed E-state index contributed by atoms with van der Waals surface area (Å²) in [4.78, 5) is 4.67. The molecular weight excluding hydrogens is 262 g/mol. The third kappa shape index (κ3) is 4.38. The van der Waals surface area contributed by atoms with Crippen molar-refractivity contribution in [1.82, 2.24) is 20.4 Å². The molecular formula is C16H27N5. The van der Waals surface area contributed by atoms with Gasteiger partial charge in [0.15, 0.2) is 5.82 Å². The van der Waals surface area contributed by atoms with Gasteiger partial charge in [-0.2, -0.15) is 5.10 Å². The normalized spacial score (nSPS) is 20.7. The lowest BCUT2D eigenvalue weighted by Gasteiger charge is -2.31. The van der Waals surface area contributed by atoms with Gasteiger partial charge in [0.2, 0.25) is 0 Å². The van der Waals surface area contributed by atoms with Gasteiger partial charge < -0.3 is 15.1 Å². The van der Waals surface area contributed by atoms with E-state index in [1.54, 1.807) is 0 Å². The Kier molecular flexibility index (Phi) is 4.70. The monoisotopic (exact) mass is 289 g/mol. The highest BCUT2D eigenvalue weighted by Gasteiger charge is 2.21. The zero-order valence-corrected chi connectivity index (χ0v) is 13.3. The summed E-state index contributed by atoms with van der Waals surface area (Å²) >= 11 is 0. The van der Waals surface area contributed by atoms with Crippen LogP contribution >= 0.6 is 0 Å². The van der Waals surface area contributed by atoms with Crippen molar-refractivity contribution in [3.05, 3.63) is 17.8 Å². The Morgan fingerprint density at radius 3 is 2.57 bits per heavy atom. The van der Waals surface area contributed by atoms with Crippen molar-refractivity contribution in [3.63, 3.8) is 0 Å². The van der Waals surface area contributed by atoms with Crippen LogP contribution in [0.2, 0.25) is 0 Å². The summed E-state index contributed by atoms with van der Waals surface area (Å²) < 4.78 is 0. The van der Waals surface area contributed by atoms with Crippen LogP contribution in [0.3, 0.4) is 0 Å². The predicted molar refractivity (Wildman–Crippen MR) is 85.4 cm³/mol.